The minimum Gasteiger partial charge on any atom is -0.504 e. The average molecular weight is 358 g/mol. The van der Waals surface area contributed by atoms with Crippen LogP contribution in [0.25, 0.3) is 10.8 Å². The van der Waals surface area contributed by atoms with E-state index in [1.165, 1.54) is 6.26 Å². The number of sulfone groups is 1. The van der Waals surface area contributed by atoms with Gasteiger partial charge < -0.3 is 15.2 Å². The van der Waals surface area contributed by atoms with Crippen LogP contribution >= 0.6 is 0 Å². The predicted octanol–water partition coefficient (Wildman–Crippen LogP) is 3.49. The molecule has 0 atom stereocenters. The van der Waals surface area contributed by atoms with Crippen LogP contribution in [0.2, 0.25) is 0 Å². The molecule has 1 aromatic heterocycles. The molecule has 0 saturated carbocycles. The number of phenols is 1. The van der Waals surface area contributed by atoms with Gasteiger partial charge in [0.15, 0.2) is 21.3 Å². The van der Waals surface area contributed by atoms with Gasteiger partial charge >= 0.3 is 0 Å². The van der Waals surface area contributed by atoms with E-state index in [2.05, 4.69) is 10.3 Å². The van der Waals surface area contributed by atoms with Crippen LogP contribution in [0.15, 0.2) is 53.6 Å². The Labute approximate surface area is 146 Å². The van der Waals surface area contributed by atoms with E-state index in [4.69, 9.17) is 4.74 Å². The molecule has 0 fully saturated rings. The third kappa shape index (κ3) is 3.66. The number of phenolic OH excluding ortho intramolecular Hbond substituents is 1. The summed E-state index contributed by atoms with van der Waals surface area (Å²) in [6, 6.07) is 11.6. The lowest BCUT2D eigenvalue weighted by Crippen LogP contribution is -1.99. The number of nitrogens with one attached hydrogen (secondary N) is 1. The second-order valence-electron chi connectivity index (χ2n) is 5.56. The smallest absolute Gasteiger partial charge is 0.175 e. The van der Waals surface area contributed by atoms with Crippen molar-refractivity contribution in [2.24, 2.45) is 0 Å². The van der Waals surface area contributed by atoms with Crippen LogP contribution in [0.1, 0.15) is 6.92 Å². The van der Waals surface area contributed by atoms with Crippen LogP contribution in [0.3, 0.4) is 0 Å². The molecule has 130 valence electrons. The predicted molar refractivity (Wildman–Crippen MR) is 97.4 cm³/mol. The van der Waals surface area contributed by atoms with E-state index in [0.717, 1.165) is 10.8 Å². The van der Waals surface area contributed by atoms with Gasteiger partial charge in [-0.1, -0.05) is 0 Å². The van der Waals surface area contributed by atoms with Gasteiger partial charge in [0.25, 0.3) is 0 Å². The van der Waals surface area contributed by atoms with Crippen LogP contribution in [0, 0.1) is 0 Å². The zero-order valence-electron chi connectivity index (χ0n) is 13.9. The van der Waals surface area contributed by atoms with Crippen LogP contribution in [-0.2, 0) is 9.84 Å². The molecule has 25 heavy (non-hydrogen) atoms. The van der Waals surface area contributed by atoms with Crippen molar-refractivity contribution in [2.45, 2.75) is 11.8 Å². The van der Waals surface area contributed by atoms with Gasteiger partial charge in [0.2, 0.25) is 0 Å². The maximum Gasteiger partial charge on any atom is 0.175 e. The summed E-state index contributed by atoms with van der Waals surface area (Å²) in [5.74, 6) is 1.05. The number of anilines is 2. The molecule has 0 aliphatic heterocycles. The Morgan fingerprint density at radius 2 is 1.88 bits per heavy atom. The fourth-order valence-corrected chi connectivity index (χ4v) is 3.11. The second kappa shape index (κ2) is 6.60. The second-order valence-corrected chi connectivity index (χ2v) is 7.57. The lowest BCUT2D eigenvalue weighted by molar-refractivity contribution is 0.319. The number of aromatic nitrogens is 1. The van der Waals surface area contributed by atoms with E-state index in [1.54, 1.807) is 48.7 Å². The highest BCUT2D eigenvalue weighted by Crippen LogP contribution is 2.34. The van der Waals surface area contributed by atoms with Crippen molar-refractivity contribution in [2.75, 3.05) is 18.2 Å². The molecule has 0 radical (unpaired) electrons. The standard InChI is InChI=1S/C18H18N2O4S/c1-3-24-17-11-15-12(10-16(17)21)8-9-19-18(15)20-13-4-6-14(7-5-13)25(2,22)23/h4-11,21H,3H2,1-2H3,(H,19,20). The third-order valence-corrected chi connectivity index (χ3v) is 4.82. The topological polar surface area (TPSA) is 88.5 Å². The fourth-order valence-electron chi connectivity index (χ4n) is 2.48. The highest BCUT2D eigenvalue weighted by atomic mass is 32.2. The lowest BCUT2D eigenvalue weighted by Gasteiger charge is -2.12. The van der Waals surface area contributed by atoms with Gasteiger partial charge in [-0.15, -0.1) is 0 Å². The number of pyridine rings is 1. The Balaban J connectivity index is 1.99. The maximum absolute atomic E-state index is 11.5. The molecule has 0 unspecified atom stereocenters. The van der Waals surface area contributed by atoms with Crippen molar-refractivity contribution in [3.05, 3.63) is 48.7 Å². The van der Waals surface area contributed by atoms with Crippen molar-refractivity contribution in [1.29, 1.82) is 0 Å². The molecule has 0 amide bonds. The lowest BCUT2D eigenvalue weighted by atomic mass is 10.1. The van der Waals surface area contributed by atoms with Crippen molar-refractivity contribution in [3.8, 4) is 11.5 Å². The summed E-state index contributed by atoms with van der Waals surface area (Å²) in [5, 5.41) is 14.8. The molecule has 3 rings (SSSR count). The normalized spacial score (nSPS) is 11.4. The van der Waals surface area contributed by atoms with E-state index in [1.807, 2.05) is 6.92 Å². The summed E-state index contributed by atoms with van der Waals surface area (Å²) in [4.78, 5) is 4.59. The van der Waals surface area contributed by atoms with Crippen LogP contribution < -0.4 is 10.1 Å². The Morgan fingerprint density at radius 3 is 2.52 bits per heavy atom. The van der Waals surface area contributed by atoms with E-state index in [9.17, 15) is 13.5 Å². The molecule has 7 heteroatoms. The molecular formula is C18H18N2O4S. The summed E-state index contributed by atoms with van der Waals surface area (Å²) in [7, 11) is -3.23. The van der Waals surface area contributed by atoms with Gasteiger partial charge in [-0.2, -0.15) is 0 Å². The van der Waals surface area contributed by atoms with Crippen molar-refractivity contribution >= 4 is 32.1 Å². The Bertz CT molecular complexity index is 1020. The number of ether oxygens (including phenoxy) is 1. The van der Waals surface area contributed by atoms with Crippen molar-refractivity contribution in [3.63, 3.8) is 0 Å². The van der Waals surface area contributed by atoms with Gasteiger partial charge in [-0.05, 0) is 54.8 Å². The number of aromatic hydroxyl groups is 1. The molecule has 6 nitrogen and oxygen atoms in total. The van der Waals surface area contributed by atoms with E-state index < -0.39 is 9.84 Å². The van der Waals surface area contributed by atoms with Gasteiger partial charge in [-0.25, -0.2) is 13.4 Å². The molecule has 0 aliphatic rings. The Hall–Kier alpha value is -2.80. The molecule has 3 aromatic rings. The first kappa shape index (κ1) is 17.0. The molecule has 0 bridgehead atoms. The van der Waals surface area contributed by atoms with Gasteiger partial charge in [0.05, 0.1) is 11.5 Å². The SMILES string of the molecule is CCOc1cc2c(Nc3ccc(S(C)(=O)=O)cc3)nccc2cc1O. The van der Waals surface area contributed by atoms with Crippen molar-refractivity contribution < 1.29 is 18.3 Å². The molecule has 1 heterocycles. The summed E-state index contributed by atoms with van der Waals surface area (Å²) < 4.78 is 28.5. The summed E-state index contributed by atoms with van der Waals surface area (Å²) >= 11 is 0. The monoisotopic (exact) mass is 358 g/mol. The first-order valence-electron chi connectivity index (χ1n) is 7.70. The van der Waals surface area contributed by atoms with E-state index in [-0.39, 0.29) is 10.6 Å². The number of rotatable bonds is 5. The molecule has 0 spiro atoms. The number of fused-ring (bicyclic) bond motifs is 1. The minimum atomic E-state index is -3.23. The molecular weight excluding hydrogens is 340 g/mol. The van der Waals surface area contributed by atoms with Crippen LogP contribution in [0.5, 0.6) is 11.5 Å². The zero-order chi connectivity index (χ0) is 18.0. The minimum absolute atomic E-state index is 0.0732. The number of hydrogen-bond acceptors (Lipinski definition) is 6. The van der Waals surface area contributed by atoms with Gasteiger partial charge in [0, 0.05) is 23.5 Å². The van der Waals surface area contributed by atoms with Crippen molar-refractivity contribution in [1.82, 2.24) is 4.98 Å². The van der Waals surface area contributed by atoms with E-state index in [0.29, 0.717) is 23.9 Å². The summed E-state index contributed by atoms with van der Waals surface area (Å²) in [5.41, 5.74) is 0.707. The summed E-state index contributed by atoms with van der Waals surface area (Å²) in [6.45, 7) is 2.28. The first-order chi connectivity index (χ1) is 11.9. The highest BCUT2D eigenvalue weighted by molar-refractivity contribution is 7.90. The number of hydrogen-bond donors (Lipinski definition) is 2. The largest absolute Gasteiger partial charge is 0.504 e. The van der Waals surface area contributed by atoms with E-state index >= 15 is 0 Å². The summed E-state index contributed by atoms with van der Waals surface area (Å²) in [6.07, 6.45) is 2.80. The van der Waals surface area contributed by atoms with Crippen LogP contribution in [-0.4, -0.2) is 31.4 Å². The number of nitrogens with zero attached hydrogens (tertiary/aromatic N) is 1. The van der Waals surface area contributed by atoms with Gasteiger partial charge in [-0.3, -0.25) is 0 Å². The quantitative estimate of drug-likeness (QED) is 0.726. The highest BCUT2D eigenvalue weighted by Gasteiger charge is 2.10. The molecule has 2 aromatic carbocycles. The zero-order valence-corrected chi connectivity index (χ0v) is 14.7. The maximum atomic E-state index is 11.5. The van der Waals surface area contributed by atoms with Crippen LogP contribution in [0.4, 0.5) is 11.5 Å². The molecule has 2 N–H and O–H groups in total. The number of benzene rings is 2. The van der Waals surface area contributed by atoms with Gasteiger partial charge in [0.1, 0.15) is 5.82 Å². The average Bonchev–Trinajstić information content (AvgIpc) is 2.56. The first-order valence-corrected chi connectivity index (χ1v) is 9.59. The molecule has 0 saturated heterocycles. The Morgan fingerprint density at radius 1 is 1.16 bits per heavy atom. The molecule has 0 aliphatic carbocycles. The Kier molecular flexibility index (Phi) is 4.50. The fraction of sp³-hybridized carbons (Fsp3) is 0.167. The third-order valence-electron chi connectivity index (χ3n) is 3.69.